The first-order valence-corrected chi connectivity index (χ1v) is 13.0. The maximum absolute atomic E-state index is 14.0. The van der Waals surface area contributed by atoms with E-state index in [0.717, 1.165) is 25.3 Å². The van der Waals surface area contributed by atoms with Crippen LogP contribution in [0.25, 0.3) is 22.8 Å². The molecule has 0 aliphatic carbocycles. The minimum Gasteiger partial charge on any atom is -0.382 e. The van der Waals surface area contributed by atoms with Crippen LogP contribution in [0.4, 0.5) is 30.5 Å². The Balaban J connectivity index is 1.55. The van der Waals surface area contributed by atoms with Crippen LogP contribution in [-0.2, 0) is 6.18 Å². The Morgan fingerprint density at radius 3 is 2.34 bits per heavy atom. The summed E-state index contributed by atoms with van der Waals surface area (Å²) in [6, 6.07) is 10.5. The van der Waals surface area contributed by atoms with Crippen LogP contribution in [0, 0.1) is 0 Å². The Bertz CT molecular complexity index is 1560. The van der Waals surface area contributed by atoms with Crippen LogP contribution >= 0.6 is 0 Å². The molecule has 1 fully saturated rings. The summed E-state index contributed by atoms with van der Waals surface area (Å²) in [5, 5.41) is 2.72. The summed E-state index contributed by atoms with van der Waals surface area (Å²) < 4.78 is 41.9. The van der Waals surface area contributed by atoms with Crippen molar-refractivity contribution in [3.63, 3.8) is 0 Å². The summed E-state index contributed by atoms with van der Waals surface area (Å²) >= 11 is 0. The molecule has 1 aliphatic heterocycles. The Morgan fingerprint density at radius 2 is 1.66 bits per heavy atom. The van der Waals surface area contributed by atoms with Gasteiger partial charge in [-0.25, -0.2) is 15.0 Å². The van der Waals surface area contributed by atoms with E-state index in [0.29, 0.717) is 18.8 Å². The average molecular weight is 564 g/mol. The molecule has 0 saturated carbocycles. The van der Waals surface area contributed by atoms with Gasteiger partial charge in [-0.2, -0.15) is 13.2 Å². The largest absolute Gasteiger partial charge is 0.418 e. The normalized spacial score (nSPS) is 15.0. The zero-order valence-electron chi connectivity index (χ0n) is 22.2. The van der Waals surface area contributed by atoms with Crippen molar-refractivity contribution in [1.82, 2.24) is 24.9 Å². The lowest BCUT2D eigenvalue weighted by Crippen LogP contribution is -2.50. The van der Waals surface area contributed by atoms with Gasteiger partial charge in [-0.15, -0.1) is 0 Å². The first-order chi connectivity index (χ1) is 19.6. The number of hydrogen-bond acceptors (Lipinski definition) is 9. The van der Waals surface area contributed by atoms with E-state index in [1.807, 2.05) is 6.07 Å². The molecule has 0 radical (unpaired) electrons. The van der Waals surface area contributed by atoms with E-state index in [1.165, 1.54) is 24.7 Å². The van der Waals surface area contributed by atoms with Crippen molar-refractivity contribution in [2.45, 2.75) is 37.9 Å². The number of carbonyl (C=O) groups excluding carboxylic acids is 1. The molecule has 1 aliphatic rings. The Morgan fingerprint density at radius 1 is 0.951 bits per heavy atom. The number of piperidine rings is 1. The molecular weight excluding hydrogens is 535 g/mol. The summed E-state index contributed by atoms with van der Waals surface area (Å²) in [5.41, 5.74) is 11.0. The third kappa shape index (κ3) is 5.80. The number of carbonyl (C=O) groups is 1. The van der Waals surface area contributed by atoms with E-state index in [1.54, 1.807) is 24.3 Å². The maximum atomic E-state index is 14.0. The van der Waals surface area contributed by atoms with Crippen LogP contribution in [0.15, 0.2) is 61.1 Å². The van der Waals surface area contributed by atoms with Gasteiger partial charge in [0.2, 0.25) is 0 Å². The fraction of sp³-hybridized carbons (Fsp3) is 0.286. The zero-order chi connectivity index (χ0) is 29.2. The van der Waals surface area contributed by atoms with Crippen molar-refractivity contribution < 1.29 is 18.0 Å². The quantitative estimate of drug-likeness (QED) is 0.307. The fourth-order valence-electron chi connectivity index (χ4n) is 4.75. The van der Waals surface area contributed by atoms with Crippen molar-refractivity contribution in [2.75, 3.05) is 29.0 Å². The van der Waals surface area contributed by atoms with Crippen molar-refractivity contribution in [1.29, 1.82) is 0 Å². The number of halogens is 3. The van der Waals surface area contributed by atoms with Crippen LogP contribution in [0.3, 0.4) is 0 Å². The van der Waals surface area contributed by atoms with Crippen molar-refractivity contribution >= 4 is 23.2 Å². The van der Waals surface area contributed by atoms with Gasteiger partial charge < -0.3 is 21.7 Å². The van der Waals surface area contributed by atoms with Gasteiger partial charge in [0, 0.05) is 37.2 Å². The summed E-state index contributed by atoms with van der Waals surface area (Å²) in [6.45, 7) is 3.40. The molecule has 4 aromatic rings. The molecule has 4 aromatic heterocycles. The fourth-order valence-corrected chi connectivity index (χ4v) is 4.75. The number of nitrogens with two attached hydrogens (primary N) is 2. The second-order valence-electron chi connectivity index (χ2n) is 9.80. The number of pyridine rings is 3. The molecule has 0 atom stereocenters. The van der Waals surface area contributed by atoms with E-state index < -0.39 is 23.3 Å². The molecule has 212 valence electrons. The monoisotopic (exact) mass is 563 g/mol. The molecular formula is C28H28F3N9O. The summed E-state index contributed by atoms with van der Waals surface area (Å²) in [6.07, 6.45) is 1.85. The van der Waals surface area contributed by atoms with E-state index >= 15 is 0 Å². The minimum absolute atomic E-state index is 0.0446. The first kappa shape index (κ1) is 27.9. The number of alkyl halides is 3. The lowest BCUT2D eigenvalue weighted by molar-refractivity contribution is -0.137. The van der Waals surface area contributed by atoms with Gasteiger partial charge in [0.1, 0.15) is 17.1 Å². The van der Waals surface area contributed by atoms with Gasteiger partial charge in [-0.3, -0.25) is 14.8 Å². The van der Waals surface area contributed by atoms with Gasteiger partial charge >= 0.3 is 6.18 Å². The molecule has 0 bridgehead atoms. The minimum atomic E-state index is -4.74. The zero-order valence-corrected chi connectivity index (χ0v) is 22.2. The lowest BCUT2D eigenvalue weighted by atomic mass is 9.86. The van der Waals surface area contributed by atoms with Gasteiger partial charge in [0.25, 0.3) is 5.91 Å². The standard InChI is InChI=1S/C28H28F3N9O/c1-2-27(33)10-15-40(16-11-27)19-9-6-14-36-25(19)39-26(41)23-24(32)38-21(18-8-3-4-12-34-18)22(37-23)20-17(28(29,30)31)7-5-13-35-20/h3-9,12-14H,2,10-11,15-16,33H2,1H3,(H2,32,38)(H,36,39,41). The van der Waals surface area contributed by atoms with E-state index in [9.17, 15) is 18.0 Å². The Kier molecular flexibility index (Phi) is 7.54. The second kappa shape index (κ2) is 11.1. The summed E-state index contributed by atoms with van der Waals surface area (Å²) in [5.74, 6) is -0.821. The number of nitrogen functional groups attached to an aromatic ring is 1. The number of rotatable bonds is 6. The number of amides is 1. The predicted octanol–water partition coefficient (Wildman–Crippen LogP) is 4.56. The molecule has 5 heterocycles. The highest BCUT2D eigenvalue weighted by atomic mass is 19.4. The average Bonchev–Trinajstić information content (AvgIpc) is 2.98. The smallest absolute Gasteiger partial charge is 0.382 e. The topological polar surface area (TPSA) is 149 Å². The second-order valence-corrected chi connectivity index (χ2v) is 9.80. The molecule has 1 saturated heterocycles. The summed E-state index contributed by atoms with van der Waals surface area (Å²) in [4.78, 5) is 36.7. The third-order valence-corrected chi connectivity index (χ3v) is 7.21. The van der Waals surface area contributed by atoms with E-state index in [2.05, 4.69) is 42.1 Å². The number of aromatic nitrogens is 5. The van der Waals surface area contributed by atoms with Gasteiger partial charge in [-0.05, 0) is 55.7 Å². The van der Waals surface area contributed by atoms with Crippen LogP contribution in [0.1, 0.15) is 42.2 Å². The van der Waals surface area contributed by atoms with Crippen LogP contribution < -0.4 is 21.7 Å². The third-order valence-electron chi connectivity index (χ3n) is 7.21. The van der Waals surface area contributed by atoms with Crippen LogP contribution in [0.2, 0.25) is 0 Å². The maximum Gasteiger partial charge on any atom is 0.418 e. The number of hydrogen-bond donors (Lipinski definition) is 3. The van der Waals surface area contributed by atoms with Gasteiger partial charge in [0.15, 0.2) is 17.3 Å². The number of nitrogens with zero attached hydrogens (tertiary/aromatic N) is 6. The van der Waals surface area contributed by atoms with Gasteiger partial charge in [0.05, 0.1) is 16.9 Å². The molecule has 1 amide bonds. The Labute approximate surface area is 234 Å². The van der Waals surface area contributed by atoms with Gasteiger partial charge in [-0.1, -0.05) is 13.0 Å². The van der Waals surface area contributed by atoms with Crippen LogP contribution in [-0.4, -0.2) is 49.5 Å². The highest BCUT2D eigenvalue weighted by Gasteiger charge is 2.36. The first-order valence-electron chi connectivity index (χ1n) is 13.0. The Hall–Kier alpha value is -4.65. The number of anilines is 3. The highest BCUT2D eigenvalue weighted by Crippen LogP contribution is 2.38. The number of nitrogens with one attached hydrogen (secondary N) is 1. The van der Waals surface area contributed by atoms with Crippen molar-refractivity contribution in [3.8, 4) is 22.8 Å². The molecule has 0 spiro atoms. The van der Waals surface area contributed by atoms with Crippen molar-refractivity contribution in [3.05, 3.63) is 72.3 Å². The van der Waals surface area contributed by atoms with E-state index in [4.69, 9.17) is 11.5 Å². The molecule has 0 aromatic carbocycles. The molecule has 10 nitrogen and oxygen atoms in total. The summed E-state index contributed by atoms with van der Waals surface area (Å²) in [7, 11) is 0. The molecule has 13 heteroatoms. The molecule has 0 unspecified atom stereocenters. The highest BCUT2D eigenvalue weighted by molar-refractivity contribution is 6.07. The molecule has 5 rings (SSSR count). The van der Waals surface area contributed by atoms with Crippen LogP contribution in [0.5, 0.6) is 0 Å². The molecule has 41 heavy (non-hydrogen) atoms. The lowest BCUT2D eigenvalue weighted by Gasteiger charge is -2.40. The molecule has 5 N–H and O–H groups in total. The van der Waals surface area contributed by atoms with Crippen molar-refractivity contribution in [2.24, 2.45) is 5.73 Å². The predicted molar refractivity (Wildman–Crippen MR) is 149 cm³/mol. The van der Waals surface area contributed by atoms with E-state index in [-0.39, 0.29) is 40.0 Å². The SMILES string of the molecule is CCC1(N)CCN(c2cccnc2NC(=O)c2nc(-c3ncccc3C(F)(F)F)c(-c3ccccn3)nc2N)CC1.